The number of hydrogen-bond donors (Lipinski definition) is 1. The second kappa shape index (κ2) is 2.89. The fourth-order valence-electron chi connectivity index (χ4n) is 1.02. The van der Waals surface area contributed by atoms with E-state index in [9.17, 15) is 0 Å². The van der Waals surface area contributed by atoms with Crippen LogP contribution in [-0.2, 0) is 0 Å². The molecule has 2 nitrogen and oxygen atoms in total. The van der Waals surface area contributed by atoms with Gasteiger partial charge in [-0.05, 0) is 44.0 Å². The number of nitrogens with one attached hydrogen (secondary N) is 1. The Bertz CT molecular complexity index is 399. The molecule has 0 aliphatic rings. The predicted molar refractivity (Wildman–Crippen MR) is 56.9 cm³/mol. The maximum atomic E-state index is 5.49. The van der Waals surface area contributed by atoms with Crippen LogP contribution in [0.25, 0.3) is 11.0 Å². The van der Waals surface area contributed by atoms with Crippen LogP contribution in [0, 0.1) is 0 Å². The minimum atomic E-state index is 0.440. The molecule has 2 radical (unpaired) electrons. The van der Waals surface area contributed by atoms with E-state index in [2.05, 4.69) is 41.8 Å². The fourth-order valence-corrected chi connectivity index (χ4v) is 1.70. The summed E-state index contributed by atoms with van der Waals surface area (Å²) >= 11 is 6.77. The minimum absolute atomic E-state index is 0.440. The van der Waals surface area contributed by atoms with Crippen molar-refractivity contribution >= 4 is 56.5 Å². The summed E-state index contributed by atoms with van der Waals surface area (Å²) in [6.07, 6.45) is 0. The maximum Gasteiger partial charge on any atom is 0.167 e. The molecule has 2 aromatic rings. The van der Waals surface area contributed by atoms with Crippen molar-refractivity contribution in [3.05, 3.63) is 21.1 Å². The van der Waals surface area contributed by atoms with Crippen LogP contribution in [0.5, 0.6) is 0 Å². The number of aromatic nitrogens is 2. The smallest absolute Gasteiger partial charge is 0.167 e. The number of H-pyrrole nitrogens is 1. The van der Waals surface area contributed by atoms with E-state index in [4.69, 9.17) is 7.85 Å². The third-order valence-electron chi connectivity index (χ3n) is 1.54. The Kier molecular flexibility index (Phi) is 2.00. The van der Waals surface area contributed by atoms with Crippen molar-refractivity contribution in [1.82, 2.24) is 9.97 Å². The van der Waals surface area contributed by atoms with Gasteiger partial charge in [0.2, 0.25) is 0 Å². The second-order valence-corrected chi connectivity index (χ2v) is 4.11. The van der Waals surface area contributed by atoms with Crippen molar-refractivity contribution in [2.75, 3.05) is 0 Å². The molecule has 5 heteroatoms. The van der Waals surface area contributed by atoms with Crippen molar-refractivity contribution < 1.29 is 0 Å². The first-order valence-electron chi connectivity index (χ1n) is 3.27. The Morgan fingerprint density at radius 3 is 2.67 bits per heavy atom. The molecule has 0 atom stereocenters. The third kappa shape index (κ3) is 1.31. The molecule has 0 aliphatic carbocycles. The van der Waals surface area contributed by atoms with Crippen LogP contribution in [0.2, 0.25) is 0 Å². The van der Waals surface area contributed by atoms with Gasteiger partial charge in [-0.25, -0.2) is 4.98 Å². The zero-order valence-corrected chi connectivity index (χ0v) is 9.11. The van der Waals surface area contributed by atoms with E-state index >= 15 is 0 Å². The Morgan fingerprint density at radius 2 is 1.92 bits per heavy atom. The van der Waals surface area contributed by atoms with Crippen molar-refractivity contribution in [3.8, 4) is 0 Å². The first-order chi connectivity index (χ1) is 5.66. The Balaban J connectivity index is 2.83. The van der Waals surface area contributed by atoms with Crippen LogP contribution in [-0.4, -0.2) is 17.8 Å². The molecular formula is C7H3BBr2N2. The van der Waals surface area contributed by atoms with Gasteiger partial charge >= 0.3 is 0 Å². The highest BCUT2D eigenvalue weighted by atomic mass is 79.9. The molecule has 0 aliphatic heterocycles. The van der Waals surface area contributed by atoms with Crippen molar-refractivity contribution in [2.45, 2.75) is 0 Å². The summed E-state index contributed by atoms with van der Waals surface area (Å²) in [6.45, 7) is 0. The fraction of sp³-hybridized carbons (Fsp3) is 0. The number of benzene rings is 1. The average molecular weight is 286 g/mol. The van der Waals surface area contributed by atoms with Crippen LogP contribution < -0.4 is 5.72 Å². The van der Waals surface area contributed by atoms with Crippen molar-refractivity contribution in [2.24, 2.45) is 0 Å². The molecule has 0 saturated carbocycles. The summed E-state index contributed by atoms with van der Waals surface area (Å²) in [4.78, 5) is 7.03. The van der Waals surface area contributed by atoms with E-state index in [0.29, 0.717) is 5.72 Å². The van der Waals surface area contributed by atoms with E-state index < -0.39 is 0 Å². The number of hydrogen-bond acceptors (Lipinski definition) is 1. The number of halogens is 2. The van der Waals surface area contributed by atoms with Gasteiger partial charge in [0.05, 0.1) is 11.0 Å². The van der Waals surface area contributed by atoms with Gasteiger partial charge in [0.15, 0.2) is 7.85 Å². The summed E-state index contributed by atoms with van der Waals surface area (Å²) in [5, 5.41) is 0. The standard InChI is InChI=1S/C7H3BBr2N2/c8-7-11-5-1-3(9)4(10)2-6(5)12-7/h1-2H,(H,11,12). The zero-order valence-electron chi connectivity index (χ0n) is 5.94. The van der Waals surface area contributed by atoms with Crippen LogP contribution in [0.4, 0.5) is 0 Å². The lowest BCUT2D eigenvalue weighted by atomic mass is 10.1. The van der Waals surface area contributed by atoms with Crippen LogP contribution >= 0.6 is 31.9 Å². The van der Waals surface area contributed by atoms with E-state index in [-0.39, 0.29) is 0 Å². The third-order valence-corrected chi connectivity index (χ3v) is 3.39. The first kappa shape index (κ1) is 8.32. The number of aromatic amines is 1. The van der Waals surface area contributed by atoms with Crippen molar-refractivity contribution in [1.29, 1.82) is 0 Å². The van der Waals surface area contributed by atoms with Crippen LogP contribution in [0.15, 0.2) is 21.1 Å². The highest BCUT2D eigenvalue weighted by Gasteiger charge is 2.02. The Hall–Kier alpha value is -0.285. The van der Waals surface area contributed by atoms with Crippen LogP contribution in [0.1, 0.15) is 0 Å². The molecule has 1 aromatic heterocycles. The molecule has 1 aromatic carbocycles. The molecular weight excluding hydrogens is 283 g/mol. The highest BCUT2D eigenvalue weighted by molar-refractivity contribution is 9.13. The summed E-state index contributed by atoms with van der Waals surface area (Å²) in [5.41, 5.74) is 2.24. The summed E-state index contributed by atoms with van der Waals surface area (Å²) in [5.74, 6) is 0. The Morgan fingerprint density at radius 1 is 1.25 bits per heavy atom. The van der Waals surface area contributed by atoms with Gasteiger partial charge in [0.1, 0.15) is 0 Å². The maximum absolute atomic E-state index is 5.49. The summed E-state index contributed by atoms with van der Waals surface area (Å²) < 4.78 is 1.96. The second-order valence-electron chi connectivity index (χ2n) is 2.41. The molecule has 58 valence electrons. The van der Waals surface area contributed by atoms with Gasteiger partial charge in [-0.3, -0.25) is 0 Å². The Labute approximate surface area is 87.4 Å². The lowest BCUT2D eigenvalue weighted by Gasteiger charge is -1.93. The number of rotatable bonds is 0. The minimum Gasteiger partial charge on any atom is -0.351 e. The van der Waals surface area contributed by atoms with E-state index in [1.807, 2.05) is 12.1 Å². The molecule has 0 amide bonds. The van der Waals surface area contributed by atoms with Gasteiger partial charge in [-0.2, -0.15) is 0 Å². The van der Waals surface area contributed by atoms with E-state index in [1.165, 1.54) is 0 Å². The topological polar surface area (TPSA) is 28.7 Å². The quantitative estimate of drug-likeness (QED) is 0.736. The van der Waals surface area contributed by atoms with Gasteiger partial charge in [-0.15, -0.1) is 0 Å². The first-order valence-corrected chi connectivity index (χ1v) is 4.85. The largest absolute Gasteiger partial charge is 0.351 e. The normalized spacial score (nSPS) is 10.8. The summed E-state index contributed by atoms with van der Waals surface area (Å²) in [6, 6.07) is 3.84. The molecule has 0 bridgehead atoms. The van der Waals surface area contributed by atoms with Gasteiger partial charge in [-0.1, -0.05) is 0 Å². The van der Waals surface area contributed by atoms with E-state index in [0.717, 1.165) is 20.0 Å². The molecule has 2 rings (SSSR count). The SMILES string of the molecule is [B]c1nc2cc(Br)c(Br)cc2[nH]1. The average Bonchev–Trinajstić information content (AvgIpc) is 2.30. The molecule has 0 unspecified atom stereocenters. The predicted octanol–water partition coefficient (Wildman–Crippen LogP) is 1.88. The lowest BCUT2D eigenvalue weighted by molar-refractivity contribution is 1.44. The number of imidazole rings is 1. The molecule has 1 N–H and O–H groups in total. The number of nitrogens with zero attached hydrogens (tertiary/aromatic N) is 1. The molecule has 12 heavy (non-hydrogen) atoms. The highest BCUT2D eigenvalue weighted by Crippen LogP contribution is 2.26. The monoisotopic (exact) mass is 284 g/mol. The van der Waals surface area contributed by atoms with Gasteiger partial charge in [0, 0.05) is 14.7 Å². The van der Waals surface area contributed by atoms with Gasteiger partial charge in [0.25, 0.3) is 0 Å². The molecule has 0 spiro atoms. The molecule has 0 saturated heterocycles. The van der Waals surface area contributed by atoms with E-state index in [1.54, 1.807) is 0 Å². The molecule has 1 heterocycles. The number of fused-ring (bicyclic) bond motifs is 1. The summed E-state index contributed by atoms with van der Waals surface area (Å²) in [7, 11) is 5.49. The zero-order chi connectivity index (χ0) is 8.72. The van der Waals surface area contributed by atoms with Gasteiger partial charge < -0.3 is 4.98 Å². The van der Waals surface area contributed by atoms with Crippen molar-refractivity contribution in [3.63, 3.8) is 0 Å². The van der Waals surface area contributed by atoms with Crippen LogP contribution in [0.3, 0.4) is 0 Å². The lowest BCUT2D eigenvalue weighted by Crippen LogP contribution is -2.04. The molecule has 0 fully saturated rings.